The summed E-state index contributed by atoms with van der Waals surface area (Å²) in [6, 6.07) is 0.701. The molecule has 1 aliphatic heterocycles. The van der Waals surface area contributed by atoms with E-state index >= 15 is 0 Å². The second-order valence-corrected chi connectivity index (χ2v) is 4.33. The average molecular weight is 310 g/mol. The number of hydrogen-bond acceptors (Lipinski definition) is 3. The number of hydrogen-bond donors (Lipinski definition) is 0. The Morgan fingerprint density at radius 3 is 2.53 bits per heavy atom. The molecular formula is C10H4ClF4N3S. The average Bonchev–Trinajstić information content (AvgIpc) is 2.31. The van der Waals surface area contributed by atoms with Crippen LogP contribution in [0.5, 0.6) is 0 Å². The molecule has 1 aliphatic rings. The van der Waals surface area contributed by atoms with E-state index in [2.05, 4.69) is 27.2 Å². The largest absolute Gasteiger partial charge is 0.417 e. The van der Waals surface area contributed by atoms with Crippen molar-refractivity contribution < 1.29 is 17.6 Å². The molecule has 1 aromatic rings. The summed E-state index contributed by atoms with van der Waals surface area (Å²) >= 11 is 10.3. The van der Waals surface area contributed by atoms with Crippen molar-refractivity contribution in [2.45, 2.75) is 12.3 Å². The van der Waals surface area contributed by atoms with E-state index in [-0.39, 0.29) is 21.5 Å². The van der Waals surface area contributed by atoms with E-state index in [0.29, 0.717) is 12.3 Å². The molecule has 0 spiro atoms. The summed E-state index contributed by atoms with van der Waals surface area (Å²) in [6.07, 6.45) is -4.65. The fourth-order valence-corrected chi connectivity index (χ4v) is 1.66. The third kappa shape index (κ3) is 2.95. The normalized spacial score (nSPS) is 19.5. The van der Waals surface area contributed by atoms with E-state index in [1.807, 2.05) is 0 Å². The SMILES string of the molecule is FC1C=NC(c2ncc(C(F)(F)F)cc2Cl)=NC1=S. The van der Waals surface area contributed by atoms with E-state index in [4.69, 9.17) is 11.6 Å². The lowest BCUT2D eigenvalue weighted by molar-refractivity contribution is -0.137. The van der Waals surface area contributed by atoms with Crippen LogP contribution in [0.1, 0.15) is 11.3 Å². The summed E-state index contributed by atoms with van der Waals surface area (Å²) in [7, 11) is 0. The Bertz CT molecular complexity index is 597. The number of aromatic nitrogens is 1. The Labute approximate surface area is 115 Å². The van der Waals surface area contributed by atoms with E-state index in [1.54, 1.807) is 0 Å². The number of aliphatic imine (C=N–C) groups is 2. The zero-order valence-corrected chi connectivity index (χ0v) is 10.5. The molecule has 2 rings (SSSR count). The van der Waals surface area contributed by atoms with Gasteiger partial charge in [0.1, 0.15) is 10.7 Å². The minimum atomic E-state index is -4.55. The maximum absolute atomic E-state index is 13.0. The number of rotatable bonds is 1. The Kier molecular flexibility index (Phi) is 3.64. The lowest BCUT2D eigenvalue weighted by Crippen LogP contribution is -2.21. The van der Waals surface area contributed by atoms with Crippen LogP contribution in [0.25, 0.3) is 0 Å². The predicted octanol–water partition coefficient (Wildman–Crippen LogP) is 3.25. The molecule has 0 N–H and O–H groups in total. The van der Waals surface area contributed by atoms with Gasteiger partial charge in [-0.2, -0.15) is 13.2 Å². The lowest BCUT2D eigenvalue weighted by Gasteiger charge is -2.11. The second kappa shape index (κ2) is 4.93. The first-order valence-corrected chi connectivity index (χ1v) is 5.61. The molecule has 0 aromatic carbocycles. The van der Waals surface area contributed by atoms with Crippen LogP contribution in [0.15, 0.2) is 22.2 Å². The minimum absolute atomic E-state index is 0.0832. The van der Waals surface area contributed by atoms with Crippen molar-refractivity contribution in [2.24, 2.45) is 9.98 Å². The topological polar surface area (TPSA) is 37.6 Å². The first kappa shape index (κ1) is 14.0. The van der Waals surface area contributed by atoms with E-state index < -0.39 is 17.9 Å². The smallest absolute Gasteiger partial charge is 0.251 e. The minimum Gasteiger partial charge on any atom is -0.251 e. The van der Waals surface area contributed by atoms with Crippen LogP contribution < -0.4 is 0 Å². The van der Waals surface area contributed by atoms with Gasteiger partial charge >= 0.3 is 6.18 Å². The van der Waals surface area contributed by atoms with Crippen LogP contribution in [-0.2, 0) is 6.18 Å². The van der Waals surface area contributed by atoms with Crippen LogP contribution in [0.3, 0.4) is 0 Å². The molecule has 0 fully saturated rings. The highest BCUT2D eigenvalue weighted by Crippen LogP contribution is 2.31. The third-order valence-corrected chi connectivity index (χ3v) is 2.76. The first-order valence-electron chi connectivity index (χ1n) is 4.83. The highest BCUT2D eigenvalue weighted by atomic mass is 35.5. The summed E-state index contributed by atoms with van der Waals surface area (Å²) in [5.41, 5.74) is -1.08. The Hall–Kier alpha value is -1.41. The zero-order chi connectivity index (χ0) is 14.2. The van der Waals surface area contributed by atoms with Gasteiger partial charge in [-0.1, -0.05) is 23.8 Å². The second-order valence-electron chi connectivity index (χ2n) is 3.51. The van der Waals surface area contributed by atoms with Gasteiger partial charge < -0.3 is 0 Å². The number of alkyl halides is 4. The molecule has 0 amide bonds. The van der Waals surface area contributed by atoms with Crippen molar-refractivity contribution in [2.75, 3.05) is 0 Å². The number of nitrogens with zero attached hydrogens (tertiary/aromatic N) is 3. The van der Waals surface area contributed by atoms with Gasteiger partial charge in [0.25, 0.3) is 0 Å². The summed E-state index contributed by atoms with van der Waals surface area (Å²) in [5.74, 6) is -0.113. The highest BCUT2D eigenvalue weighted by molar-refractivity contribution is 7.80. The van der Waals surface area contributed by atoms with Gasteiger partial charge in [-0.25, -0.2) is 14.4 Å². The summed E-state index contributed by atoms with van der Waals surface area (Å²) in [4.78, 5) is 10.5. The molecule has 0 saturated carbocycles. The van der Waals surface area contributed by atoms with E-state index in [0.717, 1.165) is 6.21 Å². The molecule has 1 atom stereocenters. The number of halogens is 5. The van der Waals surface area contributed by atoms with Crippen molar-refractivity contribution in [3.8, 4) is 0 Å². The van der Waals surface area contributed by atoms with Gasteiger partial charge in [0.2, 0.25) is 0 Å². The van der Waals surface area contributed by atoms with Gasteiger partial charge in [-0.05, 0) is 6.07 Å². The molecular weight excluding hydrogens is 306 g/mol. The van der Waals surface area contributed by atoms with Crippen LogP contribution in [0.2, 0.25) is 5.02 Å². The highest BCUT2D eigenvalue weighted by Gasteiger charge is 2.32. The molecule has 9 heteroatoms. The molecule has 0 radical (unpaired) electrons. The number of thiocarbonyl (C=S) groups is 1. The molecule has 3 nitrogen and oxygen atoms in total. The molecule has 1 aromatic heterocycles. The van der Waals surface area contributed by atoms with Crippen LogP contribution in [0, 0.1) is 0 Å². The quantitative estimate of drug-likeness (QED) is 0.590. The molecule has 19 heavy (non-hydrogen) atoms. The van der Waals surface area contributed by atoms with Crippen molar-refractivity contribution in [3.63, 3.8) is 0 Å². The fourth-order valence-electron chi connectivity index (χ4n) is 1.27. The van der Waals surface area contributed by atoms with Gasteiger partial charge in [0, 0.05) is 12.4 Å². The summed E-state index contributed by atoms with van der Waals surface area (Å²) < 4.78 is 50.3. The first-order chi connectivity index (χ1) is 8.79. The van der Waals surface area contributed by atoms with Gasteiger partial charge in [0.15, 0.2) is 12.0 Å². The number of pyridine rings is 1. The molecule has 100 valence electrons. The Morgan fingerprint density at radius 2 is 2.00 bits per heavy atom. The van der Waals surface area contributed by atoms with Crippen LogP contribution >= 0.6 is 23.8 Å². The van der Waals surface area contributed by atoms with Crippen LogP contribution in [-0.4, -0.2) is 28.2 Å². The molecule has 2 heterocycles. The van der Waals surface area contributed by atoms with Gasteiger partial charge in [-0.3, -0.25) is 4.98 Å². The zero-order valence-electron chi connectivity index (χ0n) is 8.95. The van der Waals surface area contributed by atoms with E-state index in [1.165, 1.54) is 0 Å². The lowest BCUT2D eigenvalue weighted by atomic mass is 10.2. The van der Waals surface area contributed by atoms with Gasteiger partial charge in [0.05, 0.1) is 10.6 Å². The van der Waals surface area contributed by atoms with Gasteiger partial charge in [-0.15, -0.1) is 0 Å². The van der Waals surface area contributed by atoms with E-state index in [9.17, 15) is 17.6 Å². The molecule has 0 saturated heterocycles. The predicted molar refractivity (Wildman–Crippen MR) is 66.8 cm³/mol. The van der Waals surface area contributed by atoms with Crippen molar-refractivity contribution >= 4 is 40.9 Å². The summed E-state index contributed by atoms with van der Waals surface area (Å²) in [5, 5.41) is -0.286. The maximum atomic E-state index is 13.0. The molecule has 1 unspecified atom stereocenters. The Morgan fingerprint density at radius 1 is 1.32 bits per heavy atom. The molecule has 0 bridgehead atoms. The van der Waals surface area contributed by atoms with Crippen molar-refractivity contribution in [1.82, 2.24) is 4.98 Å². The van der Waals surface area contributed by atoms with Crippen LogP contribution in [0.4, 0.5) is 17.6 Å². The van der Waals surface area contributed by atoms with Crippen molar-refractivity contribution in [3.05, 3.63) is 28.5 Å². The number of amidine groups is 1. The fraction of sp³-hybridized carbons (Fsp3) is 0.200. The maximum Gasteiger partial charge on any atom is 0.417 e. The van der Waals surface area contributed by atoms with Crippen molar-refractivity contribution in [1.29, 1.82) is 0 Å². The third-order valence-electron chi connectivity index (χ3n) is 2.16. The standard InChI is InChI=1S/C10H4ClF4N3S/c11-5-1-4(10(13,14)15)2-16-7(5)8-17-3-6(12)9(19)18-8/h1-3,6H. The molecule has 0 aliphatic carbocycles. The Balaban J connectivity index is 2.41. The monoisotopic (exact) mass is 309 g/mol. The summed E-state index contributed by atoms with van der Waals surface area (Å²) in [6.45, 7) is 0.